The normalized spacial score (nSPS) is 14.5. The van der Waals surface area contributed by atoms with Crippen molar-refractivity contribution in [2.24, 2.45) is 0 Å². The lowest BCUT2D eigenvalue weighted by atomic mass is 10.3. The molecular formula is C9H7ClF4INO2S. The predicted octanol–water partition coefficient (Wildman–Crippen LogP) is 3.31. The van der Waals surface area contributed by atoms with Crippen molar-refractivity contribution in [1.82, 2.24) is 4.72 Å². The molecule has 0 heterocycles. The average Bonchev–Trinajstić information content (AvgIpc) is 2.23. The van der Waals surface area contributed by atoms with E-state index in [0.29, 0.717) is 6.92 Å². The first-order chi connectivity index (χ1) is 8.47. The zero-order valence-electron chi connectivity index (χ0n) is 9.22. The van der Waals surface area contributed by atoms with Gasteiger partial charge < -0.3 is 0 Å². The van der Waals surface area contributed by atoms with Gasteiger partial charge in [0.05, 0.1) is 5.02 Å². The highest BCUT2D eigenvalue weighted by atomic mass is 127. The van der Waals surface area contributed by atoms with Gasteiger partial charge in [0, 0.05) is 3.57 Å². The Morgan fingerprint density at radius 3 is 2.37 bits per heavy atom. The maximum atomic E-state index is 13.7. The number of sulfonamides is 1. The van der Waals surface area contributed by atoms with Crippen molar-refractivity contribution in [2.75, 3.05) is 0 Å². The fourth-order valence-electron chi connectivity index (χ4n) is 1.08. The Labute approximate surface area is 125 Å². The van der Waals surface area contributed by atoms with Gasteiger partial charge in [-0.1, -0.05) is 11.6 Å². The summed E-state index contributed by atoms with van der Waals surface area (Å²) in [4.78, 5) is -0.922. The van der Waals surface area contributed by atoms with Crippen LogP contribution in [0.2, 0.25) is 5.02 Å². The van der Waals surface area contributed by atoms with Crippen molar-refractivity contribution in [1.29, 1.82) is 0 Å². The fourth-order valence-corrected chi connectivity index (χ4v) is 3.03. The van der Waals surface area contributed by atoms with E-state index in [1.807, 2.05) is 0 Å². The molecule has 0 aliphatic heterocycles. The van der Waals surface area contributed by atoms with Crippen molar-refractivity contribution in [3.8, 4) is 0 Å². The van der Waals surface area contributed by atoms with Crippen LogP contribution in [-0.2, 0) is 10.0 Å². The van der Waals surface area contributed by atoms with Crippen LogP contribution in [0.3, 0.4) is 0 Å². The molecule has 1 rings (SSSR count). The first kappa shape index (κ1) is 16.9. The minimum atomic E-state index is -4.77. The molecule has 0 fully saturated rings. The highest BCUT2D eigenvalue weighted by Crippen LogP contribution is 2.28. The molecule has 19 heavy (non-hydrogen) atoms. The standard InChI is InChI=1S/C9H7ClF4INO2S/c1-4(9(12,13)14)16-19(17,18)6-3-2-5(15)7(10)8(6)11/h2-4,16H,1H3/t4-/m0/s1. The first-order valence-corrected chi connectivity index (χ1v) is 7.63. The molecule has 0 unspecified atom stereocenters. The number of hydrogen-bond acceptors (Lipinski definition) is 2. The van der Waals surface area contributed by atoms with Gasteiger partial charge in [0.2, 0.25) is 10.0 Å². The molecule has 0 aromatic heterocycles. The lowest BCUT2D eigenvalue weighted by molar-refractivity contribution is -0.147. The summed E-state index contributed by atoms with van der Waals surface area (Å²) in [5, 5.41) is -0.455. The van der Waals surface area contributed by atoms with Gasteiger partial charge in [-0.15, -0.1) is 0 Å². The number of hydrogen-bond donors (Lipinski definition) is 1. The molecule has 1 N–H and O–H groups in total. The number of rotatable bonds is 3. The minimum absolute atomic E-state index is 0.250. The zero-order chi connectivity index (χ0) is 15.0. The van der Waals surface area contributed by atoms with Gasteiger partial charge in [-0.25, -0.2) is 12.8 Å². The second kappa shape index (κ2) is 5.70. The molecule has 0 saturated heterocycles. The summed E-state index contributed by atoms with van der Waals surface area (Å²) in [7, 11) is -4.65. The van der Waals surface area contributed by atoms with E-state index in [2.05, 4.69) is 0 Å². The van der Waals surface area contributed by atoms with E-state index in [1.165, 1.54) is 10.8 Å². The SMILES string of the molecule is C[C@H](NS(=O)(=O)c1ccc(I)c(Cl)c1F)C(F)(F)F. The molecule has 1 aromatic rings. The van der Waals surface area contributed by atoms with E-state index in [1.54, 1.807) is 22.6 Å². The van der Waals surface area contributed by atoms with Crippen molar-refractivity contribution < 1.29 is 26.0 Å². The van der Waals surface area contributed by atoms with Gasteiger partial charge in [-0.3, -0.25) is 0 Å². The fraction of sp³-hybridized carbons (Fsp3) is 0.333. The van der Waals surface area contributed by atoms with Gasteiger partial charge in [-0.2, -0.15) is 17.9 Å². The molecular weight excluding hydrogens is 425 g/mol. The van der Waals surface area contributed by atoms with Crippen LogP contribution in [0.1, 0.15) is 6.92 Å². The summed E-state index contributed by atoms with van der Waals surface area (Å²) >= 11 is 7.18. The van der Waals surface area contributed by atoms with Crippen LogP contribution in [0.25, 0.3) is 0 Å². The number of nitrogens with one attached hydrogen (secondary N) is 1. The summed E-state index contributed by atoms with van der Waals surface area (Å²) in [6.45, 7) is 0.615. The summed E-state index contributed by atoms with van der Waals surface area (Å²) in [5.41, 5.74) is 0. The van der Waals surface area contributed by atoms with Crippen LogP contribution in [0, 0.1) is 9.39 Å². The van der Waals surface area contributed by atoms with Crippen LogP contribution >= 0.6 is 34.2 Å². The lowest BCUT2D eigenvalue weighted by Gasteiger charge is -2.17. The third kappa shape index (κ3) is 3.92. The smallest absolute Gasteiger partial charge is 0.207 e. The van der Waals surface area contributed by atoms with E-state index < -0.39 is 38.0 Å². The molecule has 0 bridgehead atoms. The molecule has 3 nitrogen and oxygen atoms in total. The second-order valence-corrected chi connectivity index (χ2v) is 6.78. The molecule has 0 radical (unpaired) electrons. The van der Waals surface area contributed by atoms with E-state index in [4.69, 9.17) is 11.6 Å². The maximum Gasteiger partial charge on any atom is 0.404 e. The van der Waals surface area contributed by atoms with Gasteiger partial charge >= 0.3 is 6.18 Å². The van der Waals surface area contributed by atoms with Gasteiger partial charge in [0.15, 0.2) is 5.82 Å². The molecule has 0 saturated carbocycles. The summed E-state index contributed by atoms with van der Waals surface area (Å²) in [6, 6.07) is -0.289. The van der Waals surface area contributed by atoms with Crippen molar-refractivity contribution in [3.05, 3.63) is 26.5 Å². The van der Waals surface area contributed by atoms with Crippen molar-refractivity contribution >= 4 is 44.2 Å². The predicted molar refractivity (Wildman–Crippen MR) is 70.0 cm³/mol. The molecule has 0 amide bonds. The first-order valence-electron chi connectivity index (χ1n) is 4.69. The summed E-state index contributed by atoms with van der Waals surface area (Å²) in [5.74, 6) is -1.28. The van der Waals surface area contributed by atoms with E-state index in [9.17, 15) is 26.0 Å². The topological polar surface area (TPSA) is 46.2 Å². The Morgan fingerprint density at radius 2 is 1.89 bits per heavy atom. The van der Waals surface area contributed by atoms with Crippen LogP contribution in [0.5, 0.6) is 0 Å². The van der Waals surface area contributed by atoms with Crippen LogP contribution in [0.15, 0.2) is 17.0 Å². The zero-order valence-corrected chi connectivity index (χ0v) is 13.0. The quantitative estimate of drug-likeness (QED) is 0.453. The summed E-state index contributed by atoms with van der Waals surface area (Å²) < 4.78 is 75.5. The van der Waals surface area contributed by atoms with E-state index in [-0.39, 0.29) is 3.57 Å². The highest BCUT2D eigenvalue weighted by Gasteiger charge is 2.39. The molecule has 1 atom stereocenters. The van der Waals surface area contributed by atoms with Crippen LogP contribution in [0.4, 0.5) is 17.6 Å². The van der Waals surface area contributed by atoms with Gasteiger partial charge in [-0.05, 0) is 41.6 Å². The molecule has 0 aliphatic rings. The third-order valence-corrected chi connectivity index (χ3v) is 5.26. The Balaban J connectivity index is 3.19. The van der Waals surface area contributed by atoms with Gasteiger partial charge in [0.1, 0.15) is 10.9 Å². The Kier molecular flexibility index (Phi) is 5.08. The largest absolute Gasteiger partial charge is 0.404 e. The van der Waals surface area contributed by atoms with Crippen molar-refractivity contribution in [3.63, 3.8) is 0 Å². The number of halogens is 6. The number of alkyl halides is 3. The second-order valence-electron chi connectivity index (χ2n) is 3.56. The molecule has 1 aromatic carbocycles. The lowest BCUT2D eigenvalue weighted by Crippen LogP contribution is -2.43. The van der Waals surface area contributed by atoms with Crippen LogP contribution in [-0.4, -0.2) is 20.6 Å². The maximum absolute atomic E-state index is 13.7. The monoisotopic (exact) mass is 431 g/mol. The average molecular weight is 432 g/mol. The highest BCUT2D eigenvalue weighted by molar-refractivity contribution is 14.1. The van der Waals surface area contributed by atoms with E-state index in [0.717, 1.165) is 6.07 Å². The minimum Gasteiger partial charge on any atom is -0.207 e. The Morgan fingerprint density at radius 1 is 1.37 bits per heavy atom. The summed E-state index contributed by atoms with van der Waals surface area (Å²) in [6.07, 6.45) is -4.77. The number of benzene rings is 1. The molecule has 0 spiro atoms. The van der Waals surface area contributed by atoms with Crippen LogP contribution < -0.4 is 4.72 Å². The molecule has 10 heteroatoms. The third-order valence-electron chi connectivity index (χ3n) is 2.11. The van der Waals surface area contributed by atoms with E-state index >= 15 is 0 Å². The molecule has 0 aliphatic carbocycles. The molecule has 108 valence electrons. The Hall–Kier alpha value is -0.130. The van der Waals surface area contributed by atoms with Gasteiger partial charge in [0.25, 0.3) is 0 Å². The Bertz CT molecular complexity index is 591. The van der Waals surface area contributed by atoms with Crippen molar-refractivity contribution in [2.45, 2.75) is 24.0 Å².